The number of thiophene rings is 1. The molecule has 0 amide bonds. The summed E-state index contributed by atoms with van der Waals surface area (Å²) in [4.78, 5) is 35.7. The van der Waals surface area contributed by atoms with Gasteiger partial charge in [-0.3, -0.25) is 24.3 Å². The highest BCUT2D eigenvalue weighted by Crippen LogP contribution is 2.30. The third kappa shape index (κ3) is 4.52. The van der Waals surface area contributed by atoms with Gasteiger partial charge in [-0.05, 0) is 30.7 Å². The number of hydrogen-bond donors (Lipinski definition) is 1. The topological polar surface area (TPSA) is 118 Å². The van der Waals surface area contributed by atoms with Gasteiger partial charge in [0.1, 0.15) is 4.21 Å². The molecule has 0 atom stereocenters. The molecule has 1 aliphatic rings. The minimum Gasteiger partial charge on any atom is -0.297 e. The van der Waals surface area contributed by atoms with E-state index in [1.807, 2.05) is 0 Å². The molecule has 0 aromatic carbocycles. The highest BCUT2D eigenvalue weighted by molar-refractivity contribution is 7.98. The fourth-order valence-corrected chi connectivity index (χ4v) is 7.09. The van der Waals surface area contributed by atoms with Crippen molar-refractivity contribution in [1.82, 2.24) is 23.8 Å². The number of nitrogens with one attached hydrogen (secondary N) is 1. The van der Waals surface area contributed by atoms with Gasteiger partial charge in [0.15, 0.2) is 0 Å². The van der Waals surface area contributed by atoms with Crippen LogP contribution >= 0.6 is 23.1 Å². The highest BCUT2D eigenvalue weighted by atomic mass is 32.2. The Morgan fingerprint density at radius 1 is 1.26 bits per heavy atom. The molecule has 0 bridgehead atoms. The maximum absolute atomic E-state index is 12.9. The van der Waals surface area contributed by atoms with E-state index in [2.05, 4.69) is 15.0 Å². The summed E-state index contributed by atoms with van der Waals surface area (Å²) in [5.74, 6) is 1.45. The number of aromatic amines is 1. The van der Waals surface area contributed by atoms with Gasteiger partial charge in [0.25, 0.3) is 15.6 Å². The van der Waals surface area contributed by atoms with E-state index in [4.69, 9.17) is 0 Å². The Labute approximate surface area is 187 Å². The van der Waals surface area contributed by atoms with Gasteiger partial charge in [0.2, 0.25) is 0 Å². The van der Waals surface area contributed by atoms with Crippen LogP contribution in [0.5, 0.6) is 0 Å². The van der Waals surface area contributed by atoms with Crippen LogP contribution in [0.15, 0.2) is 44.5 Å². The molecule has 4 heterocycles. The molecule has 1 N–H and O–H groups in total. The first-order valence-electron chi connectivity index (χ1n) is 9.63. The molecule has 0 aliphatic carbocycles. The zero-order valence-corrected chi connectivity index (χ0v) is 19.2. The quantitative estimate of drug-likeness (QED) is 0.546. The van der Waals surface area contributed by atoms with E-state index in [1.54, 1.807) is 47.1 Å². The number of H-pyrrole nitrogens is 1. The number of rotatable bonds is 7. The minimum absolute atomic E-state index is 0.228. The number of nitrogens with zero attached hydrogens (tertiary/aromatic N) is 4. The standard InChI is InChI=1S/C19H21N5O4S3/c1-23(31(27,28)17-4-3-16(30-17)14-11-20-6-7-21-14)8-2-9-24-15-5-10-29-12-13(15)18(25)22-19(24)26/h3-4,6-7,11H,2,5,8-10,12H2,1H3,(H,22,25,26). The molecule has 3 aromatic heterocycles. The van der Waals surface area contributed by atoms with Gasteiger partial charge in [0, 0.05) is 49.5 Å². The summed E-state index contributed by atoms with van der Waals surface area (Å²) in [7, 11) is -2.13. The molecular formula is C19H21N5O4S3. The van der Waals surface area contributed by atoms with Gasteiger partial charge in [-0.25, -0.2) is 17.5 Å². The summed E-state index contributed by atoms with van der Waals surface area (Å²) >= 11 is 2.81. The molecule has 0 spiro atoms. The van der Waals surface area contributed by atoms with E-state index in [-0.39, 0.29) is 16.3 Å². The van der Waals surface area contributed by atoms with Crippen molar-refractivity contribution < 1.29 is 8.42 Å². The van der Waals surface area contributed by atoms with Crippen molar-refractivity contribution in [2.45, 2.75) is 29.3 Å². The summed E-state index contributed by atoms with van der Waals surface area (Å²) in [6.07, 6.45) is 5.82. The van der Waals surface area contributed by atoms with Crippen molar-refractivity contribution in [1.29, 1.82) is 0 Å². The fourth-order valence-electron chi connectivity index (χ4n) is 3.42. The maximum atomic E-state index is 12.9. The Kier molecular flexibility index (Phi) is 6.42. The molecule has 0 radical (unpaired) electrons. The van der Waals surface area contributed by atoms with E-state index in [0.717, 1.165) is 27.7 Å². The van der Waals surface area contributed by atoms with Crippen molar-refractivity contribution in [3.63, 3.8) is 0 Å². The van der Waals surface area contributed by atoms with E-state index >= 15 is 0 Å². The van der Waals surface area contributed by atoms with Gasteiger partial charge in [-0.1, -0.05) is 0 Å². The van der Waals surface area contributed by atoms with Gasteiger partial charge in [0.05, 0.1) is 16.8 Å². The van der Waals surface area contributed by atoms with Gasteiger partial charge >= 0.3 is 5.69 Å². The van der Waals surface area contributed by atoms with Crippen molar-refractivity contribution in [2.75, 3.05) is 19.3 Å². The molecule has 164 valence electrons. The predicted molar refractivity (Wildman–Crippen MR) is 121 cm³/mol. The first-order valence-corrected chi connectivity index (χ1v) is 13.0. The molecule has 0 saturated carbocycles. The van der Waals surface area contributed by atoms with Crippen molar-refractivity contribution in [3.05, 3.63) is 62.8 Å². The zero-order chi connectivity index (χ0) is 22.0. The minimum atomic E-state index is -3.66. The van der Waals surface area contributed by atoms with Crippen molar-refractivity contribution in [2.24, 2.45) is 0 Å². The van der Waals surface area contributed by atoms with Gasteiger partial charge in [-0.15, -0.1) is 11.3 Å². The SMILES string of the molecule is CN(CCCn1c2c(c(=O)[nH]c1=O)CSCC2)S(=O)(=O)c1ccc(-c2cnccn2)s1. The van der Waals surface area contributed by atoms with Crippen LogP contribution in [0.1, 0.15) is 17.7 Å². The molecule has 0 fully saturated rings. The zero-order valence-electron chi connectivity index (χ0n) is 16.8. The predicted octanol–water partition coefficient (Wildman–Crippen LogP) is 1.56. The van der Waals surface area contributed by atoms with Crippen LogP contribution in [-0.2, 0) is 28.7 Å². The second-order valence-corrected chi connectivity index (χ2v) is 11.5. The molecule has 0 saturated heterocycles. The Hall–Kier alpha value is -2.28. The third-order valence-corrected chi connectivity index (χ3v) is 9.48. The fraction of sp³-hybridized carbons (Fsp3) is 0.368. The first kappa shape index (κ1) is 21.9. The normalized spacial score (nSPS) is 14.0. The number of thioether (sulfide) groups is 1. The van der Waals surface area contributed by atoms with Crippen molar-refractivity contribution >= 4 is 33.1 Å². The van der Waals surface area contributed by atoms with Gasteiger partial charge < -0.3 is 0 Å². The lowest BCUT2D eigenvalue weighted by atomic mass is 10.2. The summed E-state index contributed by atoms with van der Waals surface area (Å²) in [5.41, 5.74) is 1.28. The average Bonchev–Trinajstić information content (AvgIpc) is 3.28. The lowest BCUT2D eigenvalue weighted by molar-refractivity contribution is 0.440. The number of aromatic nitrogens is 4. The van der Waals surface area contributed by atoms with Gasteiger partial charge in [-0.2, -0.15) is 11.8 Å². The monoisotopic (exact) mass is 479 g/mol. The van der Waals surface area contributed by atoms with E-state index in [9.17, 15) is 18.0 Å². The number of sulfonamides is 1. The van der Waals surface area contributed by atoms with Crippen LogP contribution < -0.4 is 11.2 Å². The maximum Gasteiger partial charge on any atom is 0.328 e. The summed E-state index contributed by atoms with van der Waals surface area (Å²) < 4.78 is 29.0. The van der Waals surface area contributed by atoms with E-state index in [0.29, 0.717) is 36.4 Å². The van der Waals surface area contributed by atoms with Crippen LogP contribution in [0.3, 0.4) is 0 Å². The molecule has 4 rings (SSSR count). The lowest BCUT2D eigenvalue weighted by Crippen LogP contribution is -2.37. The summed E-state index contributed by atoms with van der Waals surface area (Å²) in [6, 6.07) is 3.29. The van der Waals surface area contributed by atoms with Crippen LogP contribution in [0, 0.1) is 0 Å². The second-order valence-electron chi connectivity index (χ2n) is 7.03. The van der Waals surface area contributed by atoms with Crippen LogP contribution in [0.25, 0.3) is 10.6 Å². The van der Waals surface area contributed by atoms with Crippen LogP contribution in [-0.4, -0.2) is 51.6 Å². The Morgan fingerprint density at radius 3 is 2.87 bits per heavy atom. The largest absolute Gasteiger partial charge is 0.328 e. The number of fused-ring (bicyclic) bond motifs is 1. The number of hydrogen-bond acceptors (Lipinski definition) is 8. The van der Waals surface area contributed by atoms with E-state index in [1.165, 1.54) is 11.4 Å². The highest BCUT2D eigenvalue weighted by Gasteiger charge is 2.24. The smallest absolute Gasteiger partial charge is 0.297 e. The molecule has 1 aliphatic heterocycles. The van der Waals surface area contributed by atoms with Crippen LogP contribution in [0.4, 0.5) is 0 Å². The molecule has 9 nitrogen and oxygen atoms in total. The molecule has 12 heteroatoms. The summed E-state index contributed by atoms with van der Waals surface area (Å²) in [6.45, 7) is 0.591. The van der Waals surface area contributed by atoms with E-state index < -0.39 is 15.7 Å². The second kappa shape index (κ2) is 9.07. The molecule has 31 heavy (non-hydrogen) atoms. The average molecular weight is 480 g/mol. The van der Waals surface area contributed by atoms with Crippen molar-refractivity contribution in [3.8, 4) is 10.6 Å². The molecule has 3 aromatic rings. The Morgan fingerprint density at radius 2 is 2.10 bits per heavy atom. The molecular weight excluding hydrogens is 458 g/mol. The third-order valence-electron chi connectivity index (χ3n) is 5.06. The molecule has 0 unspecified atom stereocenters. The summed E-state index contributed by atoms with van der Waals surface area (Å²) in [5, 5.41) is 0. The Bertz CT molecular complexity index is 1300. The van der Waals surface area contributed by atoms with Crippen LogP contribution in [0.2, 0.25) is 0 Å². The lowest BCUT2D eigenvalue weighted by Gasteiger charge is -2.21. The Balaban J connectivity index is 1.46. The first-order chi connectivity index (χ1) is 14.9.